The summed E-state index contributed by atoms with van der Waals surface area (Å²) in [5.74, 6) is -1.73. The van der Waals surface area contributed by atoms with Crippen LogP contribution < -0.4 is 10.1 Å². The zero-order valence-corrected chi connectivity index (χ0v) is 25.7. The third-order valence-corrected chi connectivity index (χ3v) is 8.40. The molecule has 2 fully saturated rings. The number of hydrogen-bond donors (Lipinski definition) is 2. The molecule has 2 aromatic carbocycles. The number of halogens is 7. The number of nitrogens with zero attached hydrogens (tertiary/aromatic N) is 3. The van der Waals surface area contributed by atoms with Gasteiger partial charge in [-0.2, -0.15) is 31.4 Å². The van der Waals surface area contributed by atoms with Gasteiger partial charge in [0.2, 0.25) is 0 Å². The van der Waals surface area contributed by atoms with Gasteiger partial charge in [0.05, 0.1) is 13.2 Å². The summed E-state index contributed by atoms with van der Waals surface area (Å²) in [5, 5.41) is 18.2. The lowest BCUT2D eigenvalue weighted by molar-refractivity contribution is -0.377. The number of benzene rings is 2. The number of aliphatic hydroxyl groups is 1. The van der Waals surface area contributed by atoms with E-state index in [9.17, 15) is 36.2 Å². The van der Waals surface area contributed by atoms with Crippen LogP contribution in [0.25, 0.3) is 22.2 Å². The van der Waals surface area contributed by atoms with E-state index in [4.69, 9.17) is 4.74 Å². The van der Waals surface area contributed by atoms with Gasteiger partial charge < -0.3 is 15.2 Å². The fourth-order valence-corrected chi connectivity index (χ4v) is 5.50. The van der Waals surface area contributed by atoms with E-state index >= 15 is 4.39 Å². The molecule has 2 N–H and O–H groups in total. The zero-order valence-electron chi connectivity index (χ0n) is 25.7. The number of alkyl halides is 6. The Morgan fingerprint density at radius 1 is 1.04 bits per heavy atom. The molecule has 7 nitrogen and oxygen atoms in total. The fraction of sp³-hybridized carbons (Fsp3) is 0.424. The average Bonchev–Trinajstić information content (AvgIpc) is 3.96. The molecule has 2 saturated carbocycles. The first-order valence-electron chi connectivity index (χ1n) is 14.9. The molecule has 2 heterocycles. The second-order valence-electron chi connectivity index (χ2n) is 11.9. The molecule has 2 aliphatic carbocycles. The van der Waals surface area contributed by atoms with Crippen molar-refractivity contribution < 1.29 is 45.4 Å². The van der Waals surface area contributed by atoms with E-state index in [-0.39, 0.29) is 23.7 Å². The summed E-state index contributed by atoms with van der Waals surface area (Å²) in [6.07, 6.45) is -5.75. The van der Waals surface area contributed by atoms with Gasteiger partial charge in [-0.25, -0.2) is 9.37 Å². The van der Waals surface area contributed by atoms with Gasteiger partial charge in [0.1, 0.15) is 23.2 Å². The summed E-state index contributed by atoms with van der Waals surface area (Å²) in [7, 11) is 3.18. The van der Waals surface area contributed by atoms with Crippen LogP contribution in [0.4, 0.5) is 30.7 Å². The first kappa shape index (κ1) is 34.3. The standard InChI is InChI=1S/C21H21F7N2O.C12H12N2O2/c1-11-3-5-13(6-4-11)18-17(22)15(19(31,20(23,24)25)21(26,27)28)9-16(30-18)14(10-29-2)12-7-8-12;1-16-11-5-8(7-15)4-9-6-14(10-2-3-10)13-12(9)11/h3-6,9,12,14,29,31H,7-8,10H2,1-2H3;4-7,10H,2-3H2,1H3. The van der Waals surface area contributed by atoms with E-state index in [1.165, 1.54) is 37.1 Å². The molecule has 1 unspecified atom stereocenters. The summed E-state index contributed by atoms with van der Waals surface area (Å²) >= 11 is 0. The molecule has 0 amide bonds. The predicted molar refractivity (Wildman–Crippen MR) is 160 cm³/mol. The molecule has 2 aliphatic rings. The molecular formula is C33H33F7N4O3. The van der Waals surface area contributed by atoms with Gasteiger partial charge in [-0.1, -0.05) is 29.8 Å². The maximum Gasteiger partial charge on any atom is 0.430 e. The number of pyridine rings is 1. The zero-order chi connectivity index (χ0) is 34.3. The molecule has 47 heavy (non-hydrogen) atoms. The molecule has 6 rings (SSSR count). The number of aromatic nitrogens is 3. The minimum absolute atomic E-state index is 0.00556. The maximum atomic E-state index is 15.2. The number of methoxy groups -OCH3 is 1. The summed E-state index contributed by atoms with van der Waals surface area (Å²) in [4.78, 5) is 14.9. The number of likely N-dealkylation sites (N-methyl/N-ethyl adjacent to an activating group) is 1. The molecule has 252 valence electrons. The van der Waals surface area contributed by atoms with Crippen LogP contribution in [0.5, 0.6) is 5.75 Å². The van der Waals surface area contributed by atoms with Crippen LogP contribution in [0.1, 0.15) is 64.8 Å². The molecule has 4 aromatic rings. The lowest BCUT2D eigenvalue weighted by Gasteiger charge is -2.33. The largest absolute Gasteiger partial charge is 0.494 e. The molecule has 0 aliphatic heterocycles. The molecule has 14 heteroatoms. The van der Waals surface area contributed by atoms with Crippen molar-refractivity contribution in [3.05, 3.63) is 76.9 Å². The van der Waals surface area contributed by atoms with Gasteiger partial charge in [0.15, 0.2) is 5.82 Å². The van der Waals surface area contributed by atoms with Crippen molar-refractivity contribution in [1.82, 2.24) is 20.1 Å². The summed E-state index contributed by atoms with van der Waals surface area (Å²) in [6.45, 7) is 1.95. The smallest absolute Gasteiger partial charge is 0.430 e. The van der Waals surface area contributed by atoms with Gasteiger partial charge in [0, 0.05) is 46.4 Å². The Bertz CT molecular complexity index is 1730. The highest BCUT2D eigenvalue weighted by Crippen LogP contribution is 2.52. The Kier molecular flexibility index (Phi) is 9.39. The molecule has 1 atom stereocenters. The van der Waals surface area contributed by atoms with Crippen LogP contribution in [0.15, 0.2) is 48.7 Å². The van der Waals surface area contributed by atoms with Crippen molar-refractivity contribution in [3.63, 3.8) is 0 Å². The molecular weight excluding hydrogens is 633 g/mol. The highest BCUT2D eigenvalue weighted by Gasteiger charge is 2.72. The lowest BCUT2D eigenvalue weighted by atomic mass is 9.87. The van der Waals surface area contributed by atoms with Gasteiger partial charge in [0.25, 0.3) is 5.60 Å². The van der Waals surface area contributed by atoms with E-state index in [2.05, 4.69) is 15.4 Å². The summed E-state index contributed by atoms with van der Waals surface area (Å²) in [6, 6.07) is 10.3. The van der Waals surface area contributed by atoms with E-state index < -0.39 is 40.9 Å². The van der Waals surface area contributed by atoms with Crippen LogP contribution >= 0.6 is 0 Å². The second-order valence-corrected chi connectivity index (χ2v) is 11.9. The van der Waals surface area contributed by atoms with Gasteiger partial charge in [-0.05, 0) is 63.8 Å². The van der Waals surface area contributed by atoms with Crippen LogP contribution in [0.2, 0.25) is 0 Å². The highest BCUT2D eigenvalue weighted by atomic mass is 19.4. The topological polar surface area (TPSA) is 89.3 Å². The molecule has 0 saturated heterocycles. The number of carbonyl (C=O) groups excluding carboxylic acids is 1. The fourth-order valence-electron chi connectivity index (χ4n) is 5.50. The second kappa shape index (κ2) is 12.9. The molecule has 0 radical (unpaired) electrons. The van der Waals surface area contributed by atoms with Crippen molar-refractivity contribution in [1.29, 1.82) is 0 Å². The monoisotopic (exact) mass is 666 g/mol. The Balaban J connectivity index is 0.000000225. The van der Waals surface area contributed by atoms with Crippen LogP contribution in [-0.4, -0.2) is 59.2 Å². The van der Waals surface area contributed by atoms with E-state index in [0.29, 0.717) is 23.4 Å². The number of aryl methyl sites for hydroxylation is 1. The average molecular weight is 667 g/mol. The Hall–Kier alpha value is -4.04. The normalized spacial score (nSPS) is 16.1. The Labute approximate surface area is 265 Å². The quantitative estimate of drug-likeness (QED) is 0.143. The van der Waals surface area contributed by atoms with E-state index in [1.54, 1.807) is 27.1 Å². The first-order valence-corrected chi connectivity index (χ1v) is 14.9. The minimum Gasteiger partial charge on any atom is -0.494 e. The van der Waals surface area contributed by atoms with Crippen molar-refractivity contribution >= 4 is 17.2 Å². The first-order chi connectivity index (χ1) is 22.1. The van der Waals surface area contributed by atoms with Gasteiger partial charge in [-0.3, -0.25) is 9.48 Å². The van der Waals surface area contributed by atoms with Crippen molar-refractivity contribution in [3.8, 4) is 17.0 Å². The third-order valence-electron chi connectivity index (χ3n) is 8.40. The Morgan fingerprint density at radius 2 is 1.68 bits per heavy atom. The van der Waals surface area contributed by atoms with E-state index in [1.807, 2.05) is 16.9 Å². The van der Waals surface area contributed by atoms with Crippen LogP contribution in [0, 0.1) is 18.7 Å². The molecule has 2 aromatic heterocycles. The van der Waals surface area contributed by atoms with Crippen molar-refractivity contribution in [2.75, 3.05) is 20.7 Å². The number of nitrogens with one attached hydrogen (secondary N) is 1. The molecule has 0 bridgehead atoms. The van der Waals surface area contributed by atoms with Gasteiger partial charge >= 0.3 is 12.4 Å². The highest BCUT2D eigenvalue weighted by molar-refractivity contribution is 5.91. The predicted octanol–water partition coefficient (Wildman–Crippen LogP) is 7.41. The van der Waals surface area contributed by atoms with Crippen molar-refractivity contribution in [2.45, 2.75) is 62.5 Å². The van der Waals surface area contributed by atoms with Crippen molar-refractivity contribution in [2.24, 2.45) is 5.92 Å². The Morgan fingerprint density at radius 3 is 2.19 bits per heavy atom. The number of hydrogen-bond acceptors (Lipinski definition) is 6. The number of rotatable bonds is 9. The SMILES string of the molecule is CNCC(c1cc(C(O)(C(F)(F)F)C(F)(F)F)c(F)c(-c2ccc(C)cc2)n1)C1CC1.COc1cc(C=O)cc2cn(C3CC3)nc12. The maximum absolute atomic E-state index is 15.2. The summed E-state index contributed by atoms with van der Waals surface area (Å²) in [5.41, 5.74) is -5.84. The molecule has 0 spiro atoms. The van der Waals surface area contributed by atoms with Crippen LogP contribution in [0.3, 0.4) is 0 Å². The lowest BCUT2D eigenvalue weighted by Crippen LogP contribution is -2.54. The number of fused-ring (bicyclic) bond motifs is 1. The van der Waals surface area contributed by atoms with Crippen LogP contribution in [-0.2, 0) is 5.60 Å². The minimum atomic E-state index is -6.20. The number of aldehydes is 1. The summed E-state index contributed by atoms with van der Waals surface area (Å²) < 4.78 is 104. The van der Waals surface area contributed by atoms with E-state index in [0.717, 1.165) is 35.6 Å². The third kappa shape index (κ3) is 6.84. The van der Waals surface area contributed by atoms with Gasteiger partial charge in [-0.15, -0.1) is 0 Å². The number of ether oxygens (including phenoxy) is 1. The number of carbonyl (C=O) groups is 1.